The number of hydrogen-bond acceptors (Lipinski definition) is 7. The quantitative estimate of drug-likeness (QED) is 0.475. The largest absolute Gasteiger partial charge is 0.367 e. The third-order valence-electron chi connectivity index (χ3n) is 4.21. The van der Waals surface area contributed by atoms with Gasteiger partial charge < -0.3 is 18.4 Å². The van der Waals surface area contributed by atoms with Crippen LogP contribution < -0.4 is 0 Å². The van der Waals surface area contributed by atoms with Gasteiger partial charge in [-0.05, 0) is 19.1 Å². The molecule has 2 aromatic rings. The fourth-order valence-electron chi connectivity index (χ4n) is 2.62. The number of fused-ring (bicyclic) bond motifs is 1. The van der Waals surface area contributed by atoms with Crippen molar-refractivity contribution in [1.82, 2.24) is 9.55 Å². The van der Waals surface area contributed by atoms with Crippen molar-refractivity contribution in [3.63, 3.8) is 0 Å². The first-order valence-electron chi connectivity index (χ1n) is 8.63. The standard InChI is InChI=1S/C18H22N3O5PS/c1-13-4-6-14(7-5-13)28-18-17-15(10-16(22)20-18)21(11-19-17)8-9-26-12-27(23,24-2)25-3/h4-7,11H,8-10,12H2,1-3H3. The zero-order valence-electron chi connectivity index (χ0n) is 16.0. The van der Waals surface area contributed by atoms with Gasteiger partial charge in [0.25, 0.3) is 5.91 Å². The summed E-state index contributed by atoms with van der Waals surface area (Å²) in [7, 11) is -0.562. The highest BCUT2D eigenvalue weighted by Gasteiger charge is 2.25. The Bertz CT molecular complexity index is 918. The van der Waals surface area contributed by atoms with Crippen LogP contribution in [0.2, 0.25) is 0 Å². The van der Waals surface area contributed by atoms with E-state index in [4.69, 9.17) is 13.8 Å². The second-order valence-electron chi connectivity index (χ2n) is 6.15. The number of aromatic nitrogens is 2. The zero-order valence-corrected chi connectivity index (χ0v) is 17.7. The van der Waals surface area contributed by atoms with Crippen molar-refractivity contribution >= 4 is 30.3 Å². The van der Waals surface area contributed by atoms with E-state index in [0.29, 0.717) is 17.3 Å². The summed E-state index contributed by atoms with van der Waals surface area (Å²) in [5.41, 5.74) is 2.69. The highest BCUT2D eigenvalue weighted by atomic mass is 32.2. The van der Waals surface area contributed by atoms with Crippen LogP contribution in [0.25, 0.3) is 0 Å². The molecule has 1 aromatic heterocycles. The molecule has 150 valence electrons. The van der Waals surface area contributed by atoms with Gasteiger partial charge in [0, 0.05) is 25.7 Å². The number of carbonyl (C=O) groups excluding carboxylic acids is 1. The van der Waals surface area contributed by atoms with Crippen molar-refractivity contribution in [2.24, 2.45) is 4.99 Å². The highest BCUT2D eigenvalue weighted by Crippen LogP contribution is 2.45. The van der Waals surface area contributed by atoms with Crippen LogP contribution in [0.1, 0.15) is 17.0 Å². The fourth-order valence-corrected chi connectivity index (χ4v) is 4.24. The number of benzene rings is 1. The SMILES string of the molecule is COP(=O)(COCCn1cnc2c1CC(=O)N=C2Sc1ccc(C)cc1)OC. The summed E-state index contributed by atoms with van der Waals surface area (Å²) in [4.78, 5) is 21.7. The molecule has 0 saturated heterocycles. The molecule has 10 heteroatoms. The van der Waals surface area contributed by atoms with Crippen LogP contribution in [0.3, 0.4) is 0 Å². The number of imidazole rings is 1. The molecule has 0 atom stereocenters. The Morgan fingerprint density at radius 1 is 1.21 bits per heavy atom. The molecule has 0 radical (unpaired) electrons. The van der Waals surface area contributed by atoms with E-state index in [1.54, 1.807) is 6.33 Å². The fraction of sp³-hybridized carbons (Fsp3) is 0.389. The van der Waals surface area contributed by atoms with Gasteiger partial charge >= 0.3 is 7.60 Å². The molecule has 1 aliphatic heterocycles. The smallest absolute Gasteiger partial charge is 0.355 e. The lowest BCUT2D eigenvalue weighted by Gasteiger charge is -2.15. The zero-order chi connectivity index (χ0) is 20.1. The van der Waals surface area contributed by atoms with Crippen molar-refractivity contribution in [1.29, 1.82) is 0 Å². The van der Waals surface area contributed by atoms with Crippen LogP contribution in [0.5, 0.6) is 0 Å². The molecule has 8 nitrogen and oxygen atoms in total. The maximum absolute atomic E-state index is 12.1. The number of hydrogen-bond donors (Lipinski definition) is 0. The first-order chi connectivity index (χ1) is 13.4. The van der Waals surface area contributed by atoms with Crippen LogP contribution in [0.15, 0.2) is 40.5 Å². The van der Waals surface area contributed by atoms with E-state index in [0.717, 1.165) is 10.6 Å². The lowest BCUT2D eigenvalue weighted by atomic mass is 10.2. The Morgan fingerprint density at radius 3 is 2.61 bits per heavy atom. The van der Waals surface area contributed by atoms with Crippen molar-refractivity contribution in [2.45, 2.75) is 24.8 Å². The highest BCUT2D eigenvalue weighted by molar-refractivity contribution is 8.14. The van der Waals surface area contributed by atoms with E-state index in [9.17, 15) is 9.36 Å². The average Bonchev–Trinajstić information content (AvgIpc) is 3.09. The lowest BCUT2D eigenvalue weighted by molar-refractivity contribution is -0.117. The molecule has 28 heavy (non-hydrogen) atoms. The number of ether oxygens (including phenoxy) is 1. The van der Waals surface area contributed by atoms with E-state index in [1.807, 2.05) is 35.8 Å². The maximum Gasteiger partial charge on any atom is 0.355 e. The van der Waals surface area contributed by atoms with Crippen LogP contribution >= 0.6 is 19.4 Å². The van der Waals surface area contributed by atoms with Crippen LogP contribution in [0.4, 0.5) is 0 Å². The predicted molar refractivity (Wildman–Crippen MR) is 107 cm³/mol. The van der Waals surface area contributed by atoms with Gasteiger partial charge in [-0.15, -0.1) is 0 Å². The van der Waals surface area contributed by atoms with Crippen molar-refractivity contribution in [2.75, 3.05) is 27.2 Å². The molecule has 1 aliphatic rings. The Morgan fingerprint density at radius 2 is 1.93 bits per heavy atom. The van der Waals surface area contributed by atoms with Crippen molar-refractivity contribution < 1.29 is 23.1 Å². The summed E-state index contributed by atoms with van der Waals surface area (Å²) in [6, 6.07) is 8.03. The normalized spacial score (nSPS) is 14.1. The molecule has 1 amide bonds. The minimum absolute atomic E-state index is 0.133. The number of carbonyl (C=O) groups is 1. The third-order valence-corrected chi connectivity index (χ3v) is 6.81. The van der Waals surface area contributed by atoms with Crippen molar-refractivity contribution in [3.8, 4) is 0 Å². The number of aryl methyl sites for hydroxylation is 1. The summed E-state index contributed by atoms with van der Waals surface area (Å²) in [5.74, 6) is -0.201. The predicted octanol–water partition coefficient (Wildman–Crippen LogP) is 3.27. The molecule has 0 saturated carbocycles. The van der Waals surface area contributed by atoms with E-state index >= 15 is 0 Å². The van der Waals surface area contributed by atoms with Gasteiger partial charge in [0.2, 0.25) is 0 Å². The molecule has 3 rings (SSSR count). The molecule has 0 aliphatic carbocycles. The van der Waals surface area contributed by atoms with E-state index in [1.165, 1.54) is 31.5 Å². The maximum atomic E-state index is 12.1. The minimum atomic E-state index is -3.20. The van der Waals surface area contributed by atoms with Gasteiger partial charge in [-0.1, -0.05) is 29.5 Å². The van der Waals surface area contributed by atoms with Gasteiger partial charge in [0.05, 0.1) is 25.0 Å². The average molecular weight is 423 g/mol. The molecule has 0 spiro atoms. The van der Waals surface area contributed by atoms with Crippen molar-refractivity contribution in [3.05, 3.63) is 47.5 Å². The summed E-state index contributed by atoms with van der Waals surface area (Å²) in [5, 5.41) is 0.595. The van der Waals surface area contributed by atoms with Crippen LogP contribution in [-0.4, -0.2) is 47.7 Å². The third kappa shape index (κ3) is 4.98. The molecule has 0 N–H and O–H groups in total. The van der Waals surface area contributed by atoms with E-state index in [2.05, 4.69) is 9.98 Å². The minimum Gasteiger partial charge on any atom is -0.367 e. The second-order valence-corrected chi connectivity index (χ2v) is 9.42. The Balaban J connectivity index is 1.67. The summed E-state index contributed by atoms with van der Waals surface area (Å²) in [6.45, 7) is 2.77. The number of aliphatic imine (C=N–C) groups is 1. The first-order valence-corrected chi connectivity index (χ1v) is 11.2. The Kier molecular flexibility index (Phi) is 6.85. The Hall–Kier alpha value is -1.77. The monoisotopic (exact) mass is 423 g/mol. The number of rotatable bonds is 8. The molecule has 1 aromatic carbocycles. The van der Waals surface area contributed by atoms with E-state index < -0.39 is 7.60 Å². The Labute approximate surface area is 167 Å². The van der Waals surface area contributed by atoms with Gasteiger partial charge in [0.15, 0.2) is 0 Å². The van der Waals surface area contributed by atoms with Gasteiger partial charge in [-0.25, -0.2) is 9.98 Å². The van der Waals surface area contributed by atoms with E-state index in [-0.39, 0.29) is 25.3 Å². The summed E-state index contributed by atoms with van der Waals surface area (Å²) < 4.78 is 28.9. The molecule has 0 fully saturated rings. The van der Waals surface area contributed by atoms with Gasteiger partial charge in [-0.2, -0.15) is 0 Å². The second kappa shape index (κ2) is 9.15. The molecule has 0 bridgehead atoms. The molecular weight excluding hydrogens is 401 g/mol. The lowest BCUT2D eigenvalue weighted by Crippen LogP contribution is -2.18. The summed E-state index contributed by atoms with van der Waals surface area (Å²) >= 11 is 1.42. The van der Waals surface area contributed by atoms with Gasteiger partial charge in [-0.3, -0.25) is 9.36 Å². The number of nitrogens with zero attached hydrogens (tertiary/aromatic N) is 3. The summed E-state index contributed by atoms with van der Waals surface area (Å²) in [6.07, 6.45) is 1.73. The van der Waals surface area contributed by atoms with Gasteiger partial charge in [0.1, 0.15) is 17.1 Å². The molecule has 0 unspecified atom stereocenters. The van der Waals surface area contributed by atoms with Crippen LogP contribution in [-0.2, 0) is 36.1 Å². The number of amides is 1. The molecule has 2 heterocycles. The number of thioether (sulfide) groups is 1. The first kappa shape index (κ1) is 21.0. The topological polar surface area (TPSA) is 92.0 Å². The van der Waals surface area contributed by atoms with Crippen LogP contribution in [0, 0.1) is 6.92 Å². The molecular formula is C18H22N3O5PS.